The van der Waals surface area contributed by atoms with E-state index in [9.17, 15) is 17.6 Å². The highest BCUT2D eigenvalue weighted by Crippen LogP contribution is 2.36. The van der Waals surface area contributed by atoms with Crippen LogP contribution in [-0.4, -0.2) is 29.5 Å². The molecule has 1 aromatic carbocycles. The normalized spacial score (nSPS) is 13.5. The molecule has 0 saturated carbocycles. The maximum absolute atomic E-state index is 13.1. The minimum atomic E-state index is -4.65. The van der Waals surface area contributed by atoms with Crippen molar-refractivity contribution in [1.29, 1.82) is 0 Å². The molecule has 102 valence electrons. The lowest BCUT2D eigenvalue weighted by atomic mass is 10.2. The van der Waals surface area contributed by atoms with E-state index in [1.165, 1.54) is 22.6 Å². The number of hydrogen-bond acceptors (Lipinski definition) is 3. The van der Waals surface area contributed by atoms with Gasteiger partial charge in [0.15, 0.2) is 0 Å². The standard InChI is InChI=1S/C10H10F4INO2/c11-5-1-7(10(12,13)14)9(15)8(2-5)16-3-6(18)4-17/h1-2,6,16-18H,3-4H2. The van der Waals surface area contributed by atoms with E-state index in [0.29, 0.717) is 6.07 Å². The Balaban J connectivity index is 3.02. The second kappa shape index (κ2) is 6.02. The summed E-state index contributed by atoms with van der Waals surface area (Å²) < 4.78 is 50.7. The second-order valence-electron chi connectivity index (χ2n) is 3.53. The number of alkyl halides is 3. The van der Waals surface area contributed by atoms with Crippen molar-refractivity contribution in [2.45, 2.75) is 12.3 Å². The van der Waals surface area contributed by atoms with Crippen molar-refractivity contribution in [3.8, 4) is 0 Å². The van der Waals surface area contributed by atoms with Crippen molar-refractivity contribution in [2.24, 2.45) is 0 Å². The summed E-state index contributed by atoms with van der Waals surface area (Å²) >= 11 is 1.45. The first-order valence-electron chi connectivity index (χ1n) is 4.84. The van der Waals surface area contributed by atoms with Crippen molar-refractivity contribution in [3.63, 3.8) is 0 Å². The van der Waals surface area contributed by atoms with Crippen LogP contribution in [0.3, 0.4) is 0 Å². The third-order valence-corrected chi connectivity index (χ3v) is 3.24. The molecule has 0 aromatic heterocycles. The molecule has 1 unspecified atom stereocenters. The van der Waals surface area contributed by atoms with Crippen LogP contribution in [-0.2, 0) is 6.18 Å². The second-order valence-corrected chi connectivity index (χ2v) is 4.61. The molecule has 0 aliphatic carbocycles. The quantitative estimate of drug-likeness (QED) is 0.556. The number of anilines is 1. The van der Waals surface area contributed by atoms with Gasteiger partial charge >= 0.3 is 6.18 Å². The molecule has 3 N–H and O–H groups in total. The molecule has 1 aromatic rings. The van der Waals surface area contributed by atoms with E-state index in [0.717, 1.165) is 6.07 Å². The Bertz CT molecular complexity index is 425. The average molecular weight is 379 g/mol. The smallest absolute Gasteiger partial charge is 0.394 e. The van der Waals surface area contributed by atoms with Crippen molar-refractivity contribution < 1.29 is 27.8 Å². The SMILES string of the molecule is OCC(O)CNc1cc(F)cc(C(F)(F)F)c1I. The van der Waals surface area contributed by atoms with Gasteiger partial charge in [0.1, 0.15) is 5.82 Å². The van der Waals surface area contributed by atoms with Gasteiger partial charge in [0.2, 0.25) is 0 Å². The fourth-order valence-electron chi connectivity index (χ4n) is 1.22. The van der Waals surface area contributed by atoms with Gasteiger partial charge < -0.3 is 15.5 Å². The molecule has 0 saturated heterocycles. The molecule has 0 aliphatic rings. The first-order chi connectivity index (χ1) is 8.25. The Hall–Kier alpha value is -0.610. The number of halogens is 5. The van der Waals surface area contributed by atoms with Gasteiger partial charge in [0.25, 0.3) is 0 Å². The van der Waals surface area contributed by atoms with Crippen LogP contribution < -0.4 is 5.32 Å². The third kappa shape index (κ3) is 3.95. The van der Waals surface area contributed by atoms with Crippen LogP contribution in [0.5, 0.6) is 0 Å². The molecular weight excluding hydrogens is 369 g/mol. The Morgan fingerprint density at radius 1 is 1.33 bits per heavy atom. The van der Waals surface area contributed by atoms with Gasteiger partial charge in [-0.15, -0.1) is 0 Å². The van der Waals surface area contributed by atoms with Crippen LogP contribution >= 0.6 is 22.6 Å². The largest absolute Gasteiger partial charge is 0.417 e. The number of nitrogens with one attached hydrogen (secondary N) is 1. The zero-order valence-electron chi connectivity index (χ0n) is 8.93. The minimum absolute atomic E-state index is 0.0737. The number of aliphatic hydroxyl groups is 2. The fourth-order valence-corrected chi connectivity index (χ4v) is 2.02. The Morgan fingerprint density at radius 3 is 2.44 bits per heavy atom. The Morgan fingerprint density at radius 2 is 1.94 bits per heavy atom. The highest BCUT2D eigenvalue weighted by atomic mass is 127. The van der Waals surface area contributed by atoms with E-state index in [1.54, 1.807) is 0 Å². The summed E-state index contributed by atoms with van der Waals surface area (Å²) in [6.45, 7) is -0.710. The lowest BCUT2D eigenvalue weighted by molar-refractivity contribution is -0.138. The highest BCUT2D eigenvalue weighted by Gasteiger charge is 2.34. The molecule has 0 bridgehead atoms. The summed E-state index contributed by atoms with van der Waals surface area (Å²) in [6, 6.07) is 1.32. The first-order valence-corrected chi connectivity index (χ1v) is 5.92. The van der Waals surface area contributed by atoms with Crippen LogP contribution in [0.25, 0.3) is 0 Å². The molecule has 0 radical (unpaired) electrons. The van der Waals surface area contributed by atoms with Crippen LogP contribution in [0.1, 0.15) is 5.56 Å². The van der Waals surface area contributed by atoms with Crippen LogP contribution in [0.15, 0.2) is 12.1 Å². The summed E-state index contributed by atoms with van der Waals surface area (Å²) in [6.07, 6.45) is -5.77. The molecule has 1 atom stereocenters. The summed E-state index contributed by atoms with van der Waals surface area (Å²) in [5.41, 5.74) is -1.15. The summed E-state index contributed by atoms with van der Waals surface area (Å²) in [4.78, 5) is 0. The minimum Gasteiger partial charge on any atom is -0.394 e. The zero-order chi connectivity index (χ0) is 13.9. The number of benzene rings is 1. The summed E-state index contributed by atoms with van der Waals surface area (Å²) in [5.74, 6) is -1.02. The van der Waals surface area contributed by atoms with Crippen LogP contribution in [0, 0.1) is 9.39 Å². The van der Waals surface area contributed by atoms with Gasteiger partial charge in [-0.05, 0) is 34.7 Å². The van der Waals surface area contributed by atoms with E-state index in [2.05, 4.69) is 5.32 Å². The molecule has 3 nitrogen and oxygen atoms in total. The number of aliphatic hydroxyl groups excluding tert-OH is 2. The molecule has 0 aliphatic heterocycles. The molecule has 1 rings (SSSR count). The van der Waals surface area contributed by atoms with Crippen molar-refractivity contribution in [2.75, 3.05) is 18.5 Å². The number of rotatable bonds is 4. The highest BCUT2D eigenvalue weighted by molar-refractivity contribution is 14.1. The number of hydrogen-bond donors (Lipinski definition) is 3. The van der Waals surface area contributed by atoms with Gasteiger partial charge in [-0.25, -0.2) is 4.39 Å². The monoisotopic (exact) mass is 379 g/mol. The van der Waals surface area contributed by atoms with Crippen molar-refractivity contribution >= 4 is 28.3 Å². The summed E-state index contributed by atoms with van der Waals surface area (Å²) in [7, 11) is 0. The van der Waals surface area contributed by atoms with E-state index >= 15 is 0 Å². The molecule has 0 amide bonds. The van der Waals surface area contributed by atoms with E-state index in [4.69, 9.17) is 10.2 Å². The summed E-state index contributed by atoms with van der Waals surface area (Å²) in [5, 5.41) is 20.1. The molecule has 0 spiro atoms. The molecule has 8 heteroatoms. The van der Waals surface area contributed by atoms with Gasteiger partial charge in [-0.1, -0.05) is 0 Å². The van der Waals surface area contributed by atoms with Crippen LogP contribution in [0.4, 0.5) is 23.2 Å². The van der Waals surface area contributed by atoms with Crippen molar-refractivity contribution in [3.05, 3.63) is 27.1 Å². The average Bonchev–Trinajstić information content (AvgIpc) is 2.27. The zero-order valence-corrected chi connectivity index (χ0v) is 11.1. The first kappa shape index (κ1) is 15.4. The molecule has 0 fully saturated rings. The maximum atomic E-state index is 13.1. The lowest BCUT2D eigenvalue weighted by Crippen LogP contribution is -2.23. The Labute approximate surface area is 114 Å². The van der Waals surface area contributed by atoms with E-state index < -0.39 is 30.3 Å². The molecule has 18 heavy (non-hydrogen) atoms. The van der Waals surface area contributed by atoms with E-state index in [-0.39, 0.29) is 15.8 Å². The van der Waals surface area contributed by atoms with Gasteiger partial charge in [0.05, 0.1) is 24.0 Å². The molecular formula is C10H10F4INO2. The third-order valence-electron chi connectivity index (χ3n) is 2.08. The molecule has 0 heterocycles. The predicted molar refractivity (Wildman–Crippen MR) is 65.7 cm³/mol. The van der Waals surface area contributed by atoms with Gasteiger partial charge in [-0.2, -0.15) is 13.2 Å². The maximum Gasteiger partial charge on any atom is 0.417 e. The lowest BCUT2D eigenvalue weighted by Gasteiger charge is -2.16. The topological polar surface area (TPSA) is 52.5 Å². The fraction of sp³-hybridized carbons (Fsp3) is 0.400. The van der Waals surface area contributed by atoms with Crippen LogP contribution in [0.2, 0.25) is 0 Å². The predicted octanol–water partition coefficient (Wildman–Crippen LogP) is 2.21. The Kier molecular flexibility index (Phi) is 5.17. The van der Waals surface area contributed by atoms with E-state index in [1.807, 2.05) is 0 Å². The van der Waals surface area contributed by atoms with Gasteiger partial charge in [0, 0.05) is 10.1 Å². The van der Waals surface area contributed by atoms with Crippen molar-refractivity contribution in [1.82, 2.24) is 0 Å². The van der Waals surface area contributed by atoms with Gasteiger partial charge in [-0.3, -0.25) is 0 Å².